The van der Waals surface area contributed by atoms with E-state index in [-0.39, 0.29) is 11.5 Å². The zero-order valence-electron chi connectivity index (χ0n) is 16.7. The van der Waals surface area contributed by atoms with Crippen LogP contribution in [0.25, 0.3) is 0 Å². The fourth-order valence-corrected chi connectivity index (χ4v) is 2.99. The Hall–Kier alpha value is -4.05. The van der Waals surface area contributed by atoms with Crippen LogP contribution in [-0.2, 0) is 4.74 Å². The number of ketones is 1. The second kappa shape index (κ2) is 10.1. The predicted molar refractivity (Wildman–Crippen MR) is 117 cm³/mol. The van der Waals surface area contributed by atoms with Gasteiger partial charge in [0.15, 0.2) is 5.78 Å². The lowest BCUT2D eigenvalue weighted by molar-refractivity contribution is -0.384. The molecule has 0 atom stereocenters. The van der Waals surface area contributed by atoms with Crippen LogP contribution in [0.1, 0.15) is 15.9 Å². The van der Waals surface area contributed by atoms with Gasteiger partial charge in [-0.05, 0) is 6.07 Å². The molecule has 0 bridgehead atoms. The summed E-state index contributed by atoms with van der Waals surface area (Å²) in [7, 11) is 0. The maximum atomic E-state index is 12.8. The van der Waals surface area contributed by atoms with Crippen LogP contribution in [0.3, 0.4) is 0 Å². The lowest BCUT2D eigenvalue weighted by Gasteiger charge is -2.30. The quantitative estimate of drug-likeness (QED) is 0.366. The first-order valence-electron chi connectivity index (χ1n) is 9.49. The highest BCUT2D eigenvalue weighted by Crippen LogP contribution is 2.28. The largest absolute Gasteiger partial charge is 0.394 e. The number of hydrogen-bond donors (Lipinski definition) is 2. The predicted octanol–water partition coefficient (Wildman–Crippen LogP) is 2.30. The third-order valence-corrected chi connectivity index (χ3v) is 4.60. The molecule has 4 rings (SSSR count). The molecule has 0 amide bonds. The van der Waals surface area contributed by atoms with E-state index in [4.69, 9.17) is 16.2 Å². The van der Waals surface area contributed by atoms with Gasteiger partial charge >= 0.3 is 0 Å². The van der Waals surface area contributed by atoms with Crippen molar-refractivity contribution in [2.75, 3.05) is 42.7 Å². The van der Waals surface area contributed by atoms with E-state index < -0.39 is 4.92 Å². The van der Waals surface area contributed by atoms with Gasteiger partial charge in [-0.1, -0.05) is 30.3 Å². The average molecular weight is 422 g/mol. The van der Waals surface area contributed by atoms with Gasteiger partial charge in [0.2, 0.25) is 0 Å². The van der Waals surface area contributed by atoms with Crippen molar-refractivity contribution in [3.05, 3.63) is 82.3 Å². The zero-order chi connectivity index (χ0) is 22.2. The molecule has 10 heteroatoms. The van der Waals surface area contributed by atoms with Crippen molar-refractivity contribution in [1.29, 1.82) is 0 Å². The topological polar surface area (TPSA) is 150 Å². The minimum atomic E-state index is -0.481. The molecular weight excluding hydrogens is 400 g/mol. The number of nitro groups is 1. The van der Waals surface area contributed by atoms with Crippen LogP contribution in [0.4, 0.5) is 22.9 Å². The number of benzene rings is 2. The Morgan fingerprint density at radius 2 is 1.81 bits per heavy atom. The standard InChI is InChI=1S/C17H16N2O4.C4H6N4/c20-17(13-4-2-1-3-5-13)15-12-14(19(21)22)6-7-16(15)18-8-10-23-11-9-18;5-3-1-7-2-8-4(3)6/h1-7,12H,8-11H2;1-2H,5H2,(H2,6,7,8). The summed E-state index contributed by atoms with van der Waals surface area (Å²) in [5, 5.41) is 11.1. The Bertz CT molecular complexity index is 1030. The zero-order valence-corrected chi connectivity index (χ0v) is 16.7. The summed E-state index contributed by atoms with van der Waals surface area (Å²) in [6, 6.07) is 13.3. The van der Waals surface area contributed by atoms with E-state index in [0.717, 1.165) is 0 Å². The molecule has 31 heavy (non-hydrogen) atoms. The van der Waals surface area contributed by atoms with Crippen molar-refractivity contribution < 1.29 is 14.5 Å². The molecule has 10 nitrogen and oxygen atoms in total. The number of aromatic nitrogens is 2. The fourth-order valence-electron chi connectivity index (χ4n) is 2.99. The maximum Gasteiger partial charge on any atom is 0.270 e. The van der Waals surface area contributed by atoms with Gasteiger partial charge in [0.25, 0.3) is 5.69 Å². The first-order valence-corrected chi connectivity index (χ1v) is 9.49. The van der Waals surface area contributed by atoms with Gasteiger partial charge in [-0.2, -0.15) is 0 Å². The van der Waals surface area contributed by atoms with E-state index in [2.05, 4.69) is 9.97 Å². The summed E-state index contributed by atoms with van der Waals surface area (Å²) >= 11 is 0. The smallest absolute Gasteiger partial charge is 0.270 e. The van der Waals surface area contributed by atoms with Crippen LogP contribution in [-0.4, -0.2) is 47.0 Å². The van der Waals surface area contributed by atoms with Crippen LogP contribution in [0.5, 0.6) is 0 Å². The van der Waals surface area contributed by atoms with Crippen molar-refractivity contribution in [2.45, 2.75) is 0 Å². The van der Waals surface area contributed by atoms with Gasteiger partial charge in [-0.15, -0.1) is 0 Å². The third-order valence-electron chi connectivity index (χ3n) is 4.60. The number of nitrogens with zero attached hydrogens (tertiary/aromatic N) is 4. The van der Waals surface area contributed by atoms with Gasteiger partial charge in [0.05, 0.1) is 35.6 Å². The highest BCUT2D eigenvalue weighted by atomic mass is 16.6. The Labute approximate surface area is 178 Å². The number of carbonyl (C=O) groups is 1. The van der Waals surface area contributed by atoms with Crippen LogP contribution < -0.4 is 16.4 Å². The second-order valence-corrected chi connectivity index (χ2v) is 6.62. The Balaban J connectivity index is 0.000000287. The van der Waals surface area contributed by atoms with E-state index in [1.165, 1.54) is 24.7 Å². The minimum absolute atomic E-state index is 0.0821. The number of ether oxygens (including phenoxy) is 1. The molecule has 0 saturated carbocycles. The van der Waals surface area contributed by atoms with Crippen LogP contribution >= 0.6 is 0 Å². The molecule has 0 aliphatic carbocycles. The third kappa shape index (κ3) is 5.52. The normalized spacial score (nSPS) is 13.1. The molecule has 4 N–H and O–H groups in total. The summed E-state index contributed by atoms with van der Waals surface area (Å²) in [4.78, 5) is 32.7. The van der Waals surface area contributed by atoms with E-state index in [1.807, 2.05) is 11.0 Å². The highest BCUT2D eigenvalue weighted by molar-refractivity contribution is 6.12. The lowest BCUT2D eigenvalue weighted by Crippen LogP contribution is -2.37. The monoisotopic (exact) mass is 422 g/mol. The molecule has 1 aromatic heterocycles. The fraction of sp³-hybridized carbons (Fsp3) is 0.190. The molecule has 1 aliphatic rings. The summed E-state index contributed by atoms with van der Waals surface area (Å²) in [5.41, 5.74) is 12.4. The van der Waals surface area contributed by atoms with Crippen molar-refractivity contribution in [1.82, 2.24) is 9.97 Å². The van der Waals surface area contributed by atoms with Gasteiger partial charge in [0, 0.05) is 36.5 Å². The molecule has 1 aliphatic heterocycles. The summed E-state index contributed by atoms with van der Waals surface area (Å²) < 4.78 is 5.33. The molecule has 1 saturated heterocycles. The lowest BCUT2D eigenvalue weighted by atomic mass is 10.00. The molecule has 2 heterocycles. The van der Waals surface area contributed by atoms with Gasteiger partial charge in [-0.3, -0.25) is 14.9 Å². The Morgan fingerprint density at radius 3 is 2.39 bits per heavy atom. The molecule has 1 fully saturated rings. The van der Waals surface area contributed by atoms with Crippen molar-refractivity contribution in [3.8, 4) is 0 Å². The molecule has 160 valence electrons. The summed E-state index contributed by atoms with van der Waals surface area (Å²) in [6.45, 7) is 2.48. The number of nitrogen functional groups attached to an aromatic ring is 2. The molecule has 3 aromatic rings. The summed E-state index contributed by atoms with van der Waals surface area (Å²) in [6.07, 6.45) is 2.81. The SMILES string of the molecule is Nc1cncnc1N.O=C(c1ccccc1)c1cc([N+](=O)[O-])ccc1N1CCOCC1. The van der Waals surface area contributed by atoms with E-state index >= 15 is 0 Å². The first-order chi connectivity index (χ1) is 15.0. The van der Waals surface area contributed by atoms with Gasteiger partial charge in [-0.25, -0.2) is 9.97 Å². The van der Waals surface area contributed by atoms with Crippen LogP contribution in [0.15, 0.2) is 61.1 Å². The van der Waals surface area contributed by atoms with Crippen LogP contribution in [0, 0.1) is 10.1 Å². The number of nitro benzene ring substituents is 1. The Kier molecular flexibility index (Phi) is 7.07. The number of morpholine rings is 1. The maximum absolute atomic E-state index is 12.8. The minimum Gasteiger partial charge on any atom is -0.394 e. The number of hydrogen-bond acceptors (Lipinski definition) is 9. The summed E-state index contributed by atoms with van der Waals surface area (Å²) in [5.74, 6) is 0.121. The van der Waals surface area contributed by atoms with Crippen molar-refractivity contribution >= 4 is 28.7 Å². The van der Waals surface area contributed by atoms with Crippen LogP contribution in [0.2, 0.25) is 0 Å². The van der Waals surface area contributed by atoms with Crippen molar-refractivity contribution in [2.24, 2.45) is 0 Å². The average Bonchev–Trinajstić information content (AvgIpc) is 2.81. The number of non-ortho nitro benzene ring substituents is 1. The van der Waals surface area contributed by atoms with Gasteiger partial charge in [0.1, 0.15) is 12.1 Å². The highest BCUT2D eigenvalue weighted by Gasteiger charge is 2.22. The number of carbonyl (C=O) groups excluding carboxylic acids is 1. The van der Waals surface area contributed by atoms with E-state index in [0.29, 0.717) is 54.6 Å². The number of nitrogens with two attached hydrogens (primary N) is 2. The van der Waals surface area contributed by atoms with Gasteiger partial charge < -0.3 is 21.1 Å². The second-order valence-electron chi connectivity index (χ2n) is 6.62. The first kappa shape index (κ1) is 21.7. The number of anilines is 3. The molecule has 0 radical (unpaired) electrons. The van der Waals surface area contributed by atoms with E-state index in [1.54, 1.807) is 30.3 Å². The van der Waals surface area contributed by atoms with E-state index in [9.17, 15) is 14.9 Å². The molecule has 0 spiro atoms. The molecule has 2 aromatic carbocycles. The number of rotatable bonds is 4. The van der Waals surface area contributed by atoms with Crippen molar-refractivity contribution in [3.63, 3.8) is 0 Å². The molecular formula is C21H22N6O4. The Morgan fingerprint density at radius 1 is 1.10 bits per heavy atom. The molecule has 0 unspecified atom stereocenters.